The van der Waals surface area contributed by atoms with Gasteiger partial charge in [0.1, 0.15) is 0 Å². The van der Waals surface area contributed by atoms with Gasteiger partial charge in [0.2, 0.25) is 0 Å². The maximum atomic E-state index is 2.70. The lowest BCUT2D eigenvalue weighted by Crippen LogP contribution is -2.52. The van der Waals surface area contributed by atoms with E-state index in [9.17, 15) is 0 Å². The molecule has 1 nitrogen and oxygen atoms in total. The summed E-state index contributed by atoms with van der Waals surface area (Å²) >= 11 is 0. The molecule has 0 amide bonds. The summed E-state index contributed by atoms with van der Waals surface area (Å²) in [6.07, 6.45) is 12.2. The molecule has 15 heavy (non-hydrogen) atoms. The maximum absolute atomic E-state index is 2.70. The van der Waals surface area contributed by atoms with E-state index in [4.69, 9.17) is 0 Å². The minimum absolute atomic E-state index is 0.970. The monoisotopic (exact) mass is 207 g/mol. The molecule has 1 heteroatoms. The Balaban J connectivity index is 1.79. The van der Waals surface area contributed by atoms with Crippen LogP contribution in [-0.4, -0.2) is 24.5 Å². The van der Waals surface area contributed by atoms with Crippen LogP contribution in [0.25, 0.3) is 0 Å². The first-order chi connectivity index (χ1) is 7.36. The molecule has 1 saturated heterocycles. The molecule has 2 saturated carbocycles. The summed E-state index contributed by atoms with van der Waals surface area (Å²) in [5.41, 5.74) is 0. The minimum Gasteiger partial charge on any atom is -0.303 e. The highest BCUT2D eigenvalue weighted by atomic mass is 15.1. The second kappa shape index (κ2) is 4.08. The zero-order valence-corrected chi connectivity index (χ0v) is 10.1. The van der Waals surface area contributed by atoms with Gasteiger partial charge < -0.3 is 4.90 Å². The van der Waals surface area contributed by atoms with Crippen molar-refractivity contribution in [2.45, 2.75) is 57.4 Å². The first-order valence-electron chi connectivity index (χ1n) is 7.06. The topological polar surface area (TPSA) is 3.24 Å². The molecule has 0 aromatic heterocycles. The minimum atomic E-state index is 0.970. The summed E-state index contributed by atoms with van der Waals surface area (Å²) in [5, 5.41) is 0. The molecule has 0 spiro atoms. The molecule has 2 aliphatic carbocycles. The first-order valence-corrected chi connectivity index (χ1v) is 7.06. The normalized spacial score (nSPS) is 47.0. The van der Waals surface area contributed by atoms with Gasteiger partial charge >= 0.3 is 0 Å². The Morgan fingerprint density at radius 1 is 0.800 bits per heavy atom. The number of rotatable bonds is 0. The standard InChI is InChI=1S/C14H25N/c1-15-10-4-6-12-9-8-11-5-2-3-7-13(11)14(12)15/h11-14H,2-10H2,1H3. The molecular formula is C14H25N. The largest absolute Gasteiger partial charge is 0.303 e. The van der Waals surface area contributed by atoms with Gasteiger partial charge in [-0.1, -0.05) is 19.3 Å². The zero-order valence-electron chi connectivity index (χ0n) is 10.1. The Morgan fingerprint density at radius 2 is 1.53 bits per heavy atom. The van der Waals surface area contributed by atoms with E-state index >= 15 is 0 Å². The van der Waals surface area contributed by atoms with Crippen molar-refractivity contribution in [1.82, 2.24) is 4.90 Å². The van der Waals surface area contributed by atoms with Crippen LogP contribution < -0.4 is 0 Å². The highest BCUT2D eigenvalue weighted by Crippen LogP contribution is 2.47. The van der Waals surface area contributed by atoms with Crippen LogP contribution in [0.3, 0.4) is 0 Å². The number of likely N-dealkylation sites (tertiary alicyclic amines) is 1. The lowest BCUT2D eigenvalue weighted by Gasteiger charge is -2.51. The number of nitrogens with zero attached hydrogens (tertiary/aromatic N) is 1. The molecule has 3 fully saturated rings. The van der Waals surface area contributed by atoms with Gasteiger partial charge in [-0.15, -0.1) is 0 Å². The molecular weight excluding hydrogens is 182 g/mol. The van der Waals surface area contributed by atoms with Crippen molar-refractivity contribution in [2.24, 2.45) is 17.8 Å². The Bertz CT molecular complexity index is 225. The van der Waals surface area contributed by atoms with Crippen molar-refractivity contribution in [3.05, 3.63) is 0 Å². The van der Waals surface area contributed by atoms with Crippen molar-refractivity contribution >= 4 is 0 Å². The van der Waals surface area contributed by atoms with Gasteiger partial charge in [0.15, 0.2) is 0 Å². The van der Waals surface area contributed by atoms with Gasteiger partial charge in [-0.2, -0.15) is 0 Å². The van der Waals surface area contributed by atoms with Crippen molar-refractivity contribution in [3.63, 3.8) is 0 Å². The molecule has 4 unspecified atom stereocenters. The van der Waals surface area contributed by atoms with Gasteiger partial charge in [-0.05, 0) is 63.5 Å². The number of hydrogen-bond acceptors (Lipinski definition) is 1. The molecule has 1 heterocycles. The third-order valence-electron chi connectivity index (χ3n) is 5.39. The predicted molar refractivity (Wildman–Crippen MR) is 63.8 cm³/mol. The van der Waals surface area contributed by atoms with Crippen LogP contribution in [0.15, 0.2) is 0 Å². The average molecular weight is 207 g/mol. The molecule has 0 radical (unpaired) electrons. The van der Waals surface area contributed by atoms with Crippen LogP contribution in [0, 0.1) is 17.8 Å². The molecule has 0 N–H and O–H groups in total. The van der Waals surface area contributed by atoms with E-state index in [1.807, 2.05) is 0 Å². The zero-order chi connectivity index (χ0) is 10.3. The van der Waals surface area contributed by atoms with E-state index in [0.29, 0.717) is 0 Å². The van der Waals surface area contributed by atoms with Crippen LogP contribution in [0.1, 0.15) is 51.4 Å². The fourth-order valence-corrected chi connectivity index (χ4v) is 4.75. The summed E-state index contributed by atoms with van der Waals surface area (Å²) in [4.78, 5) is 2.70. The van der Waals surface area contributed by atoms with Gasteiger partial charge in [-0.25, -0.2) is 0 Å². The van der Waals surface area contributed by atoms with E-state index in [2.05, 4.69) is 11.9 Å². The fourth-order valence-electron chi connectivity index (χ4n) is 4.75. The summed E-state index contributed by atoms with van der Waals surface area (Å²) in [6, 6.07) is 0.970. The van der Waals surface area contributed by atoms with Crippen molar-refractivity contribution in [3.8, 4) is 0 Å². The number of hydrogen-bond donors (Lipinski definition) is 0. The van der Waals surface area contributed by atoms with Gasteiger partial charge in [0, 0.05) is 6.04 Å². The second-order valence-electron chi connectivity index (χ2n) is 6.16. The molecule has 0 aromatic carbocycles. The molecule has 86 valence electrons. The molecule has 0 bridgehead atoms. The lowest BCUT2D eigenvalue weighted by molar-refractivity contribution is -0.0122. The van der Waals surface area contributed by atoms with Gasteiger partial charge in [0.25, 0.3) is 0 Å². The summed E-state index contributed by atoms with van der Waals surface area (Å²) in [7, 11) is 2.38. The fraction of sp³-hybridized carbons (Fsp3) is 1.00. The summed E-state index contributed by atoms with van der Waals surface area (Å²) < 4.78 is 0. The van der Waals surface area contributed by atoms with Crippen LogP contribution in [0.2, 0.25) is 0 Å². The highest BCUT2D eigenvalue weighted by Gasteiger charge is 2.43. The molecule has 0 aromatic rings. The third-order valence-corrected chi connectivity index (χ3v) is 5.39. The van der Waals surface area contributed by atoms with Gasteiger partial charge in [0.05, 0.1) is 0 Å². The van der Waals surface area contributed by atoms with Crippen LogP contribution in [0.5, 0.6) is 0 Å². The Morgan fingerprint density at radius 3 is 2.47 bits per heavy atom. The summed E-state index contributed by atoms with van der Waals surface area (Å²) in [5.74, 6) is 3.23. The molecule has 1 aliphatic heterocycles. The Hall–Kier alpha value is -0.0400. The number of piperidine rings is 1. The van der Waals surface area contributed by atoms with E-state index < -0.39 is 0 Å². The number of fused-ring (bicyclic) bond motifs is 3. The van der Waals surface area contributed by atoms with Crippen molar-refractivity contribution in [1.29, 1.82) is 0 Å². The predicted octanol–water partition coefficient (Wildman–Crippen LogP) is 3.30. The Kier molecular flexibility index (Phi) is 2.76. The quantitative estimate of drug-likeness (QED) is 0.589. The van der Waals surface area contributed by atoms with E-state index in [1.54, 1.807) is 12.8 Å². The van der Waals surface area contributed by atoms with Gasteiger partial charge in [-0.3, -0.25) is 0 Å². The molecule has 3 rings (SSSR count). The van der Waals surface area contributed by atoms with Crippen LogP contribution in [0.4, 0.5) is 0 Å². The smallest absolute Gasteiger partial charge is 0.0151 e. The summed E-state index contributed by atoms with van der Waals surface area (Å²) in [6.45, 7) is 1.37. The van der Waals surface area contributed by atoms with E-state index in [1.165, 1.54) is 45.1 Å². The lowest BCUT2D eigenvalue weighted by atomic mass is 9.62. The molecule has 3 aliphatic rings. The van der Waals surface area contributed by atoms with Crippen molar-refractivity contribution < 1.29 is 0 Å². The van der Waals surface area contributed by atoms with Crippen LogP contribution >= 0.6 is 0 Å². The van der Waals surface area contributed by atoms with E-state index in [0.717, 1.165) is 23.8 Å². The first kappa shape index (κ1) is 10.1. The Labute approximate surface area is 94.2 Å². The van der Waals surface area contributed by atoms with Crippen LogP contribution in [-0.2, 0) is 0 Å². The van der Waals surface area contributed by atoms with E-state index in [-0.39, 0.29) is 0 Å². The average Bonchev–Trinajstić information content (AvgIpc) is 2.29. The SMILES string of the molecule is CN1CCCC2CCC3CCCCC3C21. The second-order valence-corrected chi connectivity index (χ2v) is 6.16. The third kappa shape index (κ3) is 1.73. The molecule has 4 atom stereocenters. The highest BCUT2D eigenvalue weighted by molar-refractivity contribution is 4.96. The maximum Gasteiger partial charge on any atom is 0.0151 e. The van der Waals surface area contributed by atoms with Crippen molar-refractivity contribution in [2.75, 3.05) is 13.6 Å².